The van der Waals surface area contributed by atoms with E-state index in [1.54, 1.807) is 24.3 Å². The molecule has 1 aliphatic carbocycles. The highest BCUT2D eigenvalue weighted by atomic mass is 16.5. The summed E-state index contributed by atoms with van der Waals surface area (Å²) in [5, 5.41) is 18.2. The molecule has 20 heavy (non-hydrogen) atoms. The number of benzene rings is 1. The average molecular weight is 278 g/mol. The molecule has 0 aliphatic heterocycles. The van der Waals surface area contributed by atoms with Crippen molar-refractivity contribution in [1.29, 1.82) is 0 Å². The maximum absolute atomic E-state index is 9.08. The van der Waals surface area contributed by atoms with Gasteiger partial charge in [-0.15, -0.1) is 0 Å². The first kappa shape index (κ1) is 15.4. The Morgan fingerprint density at radius 3 is 2.65 bits per heavy atom. The van der Waals surface area contributed by atoms with Gasteiger partial charge in [-0.3, -0.25) is 0 Å². The van der Waals surface area contributed by atoms with Gasteiger partial charge in [0.25, 0.3) is 0 Å². The van der Waals surface area contributed by atoms with E-state index in [-0.39, 0.29) is 0 Å². The molecule has 0 saturated heterocycles. The van der Waals surface area contributed by atoms with E-state index in [9.17, 15) is 0 Å². The maximum Gasteiger partial charge on any atom is 0.488 e. The maximum atomic E-state index is 9.08. The number of hydrogen-bond acceptors (Lipinski definition) is 4. The van der Waals surface area contributed by atoms with Gasteiger partial charge in [-0.2, -0.15) is 0 Å². The zero-order chi connectivity index (χ0) is 14.2. The van der Waals surface area contributed by atoms with E-state index in [2.05, 4.69) is 0 Å². The second-order valence-corrected chi connectivity index (χ2v) is 5.37. The van der Waals surface area contributed by atoms with Crippen LogP contribution in [-0.4, -0.2) is 37.0 Å². The molecule has 1 aromatic rings. The van der Waals surface area contributed by atoms with Gasteiger partial charge in [-0.1, -0.05) is 31.4 Å². The van der Waals surface area contributed by atoms with Crippen molar-refractivity contribution in [2.45, 2.75) is 32.1 Å². The molecule has 0 radical (unpaired) electrons. The van der Waals surface area contributed by atoms with E-state index in [0.29, 0.717) is 24.4 Å². The monoisotopic (exact) mass is 278 g/mol. The Labute approximate surface area is 120 Å². The fourth-order valence-corrected chi connectivity index (χ4v) is 2.59. The molecule has 0 atom stereocenters. The highest BCUT2D eigenvalue weighted by molar-refractivity contribution is 6.58. The van der Waals surface area contributed by atoms with Gasteiger partial charge in [-0.05, 0) is 36.4 Å². The Morgan fingerprint density at radius 1 is 1.10 bits per heavy atom. The molecule has 0 aromatic heterocycles. The van der Waals surface area contributed by atoms with E-state index >= 15 is 0 Å². The van der Waals surface area contributed by atoms with Crippen molar-refractivity contribution < 1.29 is 19.5 Å². The highest BCUT2D eigenvalue weighted by Gasteiger charge is 2.13. The molecular weight excluding hydrogens is 255 g/mol. The van der Waals surface area contributed by atoms with Gasteiger partial charge < -0.3 is 19.5 Å². The van der Waals surface area contributed by atoms with Crippen molar-refractivity contribution >= 4 is 12.6 Å². The SMILES string of the molecule is OB(O)c1cccc(OCCOCC2CCCCC2)c1. The topological polar surface area (TPSA) is 58.9 Å². The van der Waals surface area contributed by atoms with E-state index in [0.717, 1.165) is 12.5 Å². The van der Waals surface area contributed by atoms with Crippen LogP contribution >= 0.6 is 0 Å². The third-order valence-electron chi connectivity index (χ3n) is 3.73. The minimum absolute atomic E-state index is 0.436. The predicted molar refractivity (Wildman–Crippen MR) is 79.2 cm³/mol. The third kappa shape index (κ3) is 5.15. The van der Waals surface area contributed by atoms with Crippen molar-refractivity contribution in [1.82, 2.24) is 0 Å². The lowest BCUT2D eigenvalue weighted by atomic mass is 9.80. The van der Waals surface area contributed by atoms with E-state index in [4.69, 9.17) is 19.5 Å². The third-order valence-corrected chi connectivity index (χ3v) is 3.73. The zero-order valence-corrected chi connectivity index (χ0v) is 11.8. The quantitative estimate of drug-likeness (QED) is 0.584. The number of hydrogen-bond donors (Lipinski definition) is 2. The van der Waals surface area contributed by atoms with Crippen LogP contribution in [0.2, 0.25) is 0 Å². The summed E-state index contributed by atoms with van der Waals surface area (Å²) in [7, 11) is -1.46. The lowest BCUT2D eigenvalue weighted by molar-refractivity contribution is 0.0635. The van der Waals surface area contributed by atoms with Crippen LogP contribution in [0.15, 0.2) is 24.3 Å². The van der Waals surface area contributed by atoms with Crippen molar-refractivity contribution in [3.05, 3.63) is 24.3 Å². The number of ether oxygens (including phenoxy) is 2. The molecule has 0 unspecified atom stereocenters. The van der Waals surface area contributed by atoms with Crippen LogP contribution in [0.4, 0.5) is 0 Å². The standard InChI is InChI=1S/C15H23BO4/c17-16(18)14-7-4-8-15(11-14)20-10-9-19-12-13-5-2-1-3-6-13/h4,7-8,11,13,17-18H,1-3,5-6,9-10,12H2. The zero-order valence-electron chi connectivity index (χ0n) is 11.8. The molecular formula is C15H23BO4. The molecule has 5 heteroatoms. The summed E-state index contributed by atoms with van der Waals surface area (Å²) in [5.74, 6) is 1.36. The Morgan fingerprint density at radius 2 is 1.90 bits per heavy atom. The van der Waals surface area contributed by atoms with E-state index < -0.39 is 7.12 Å². The Hall–Kier alpha value is -1.04. The van der Waals surface area contributed by atoms with Crippen molar-refractivity contribution in [2.75, 3.05) is 19.8 Å². The van der Waals surface area contributed by atoms with Crippen molar-refractivity contribution in [3.63, 3.8) is 0 Å². The van der Waals surface area contributed by atoms with Gasteiger partial charge in [-0.25, -0.2) is 0 Å². The normalized spacial score (nSPS) is 16.1. The predicted octanol–water partition coefficient (Wildman–Crippen LogP) is 1.34. The summed E-state index contributed by atoms with van der Waals surface area (Å²) >= 11 is 0. The van der Waals surface area contributed by atoms with Gasteiger partial charge in [0.1, 0.15) is 12.4 Å². The molecule has 1 aromatic carbocycles. The van der Waals surface area contributed by atoms with Gasteiger partial charge in [0.2, 0.25) is 0 Å². The first-order valence-corrected chi connectivity index (χ1v) is 7.42. The molecule has 1 fully saturated rings. The Balaban J connectivity index is 1.61. The minimum atomic E-state index is -1.46. The first-order chi connectivity index (χ1) is 9.75. The van der Waals surface area contributed by atoms with Crippen LogP contribution in [0, 0.1) is 5.92 Å². The van der Waals surface area contributed by atoms with Gasteiger partial charge >= 0.3 is 7.12 Å². The molecule has 2 N–H and O–H groups in total. The Kier molecular flexibility index (Phi) is 6.37. The van der Waals surface area contributed by atoms with Gasteiger partial charge in [0.15, 0.2) is 0 Å². The molecule has 0 heterocycles. The molecule has 0 bridgehead atoms. The summed E-state index contributed by atoms with van der Waals surface area (Å²) in [6.45, 7) is 1.89. The summed E-state index contributed by atoms with van der Waals surface area (Å²) < 4.78 is 11.2. The largest absolute Gasteiger partial charge is 0.491 e. The van der Waals surface area contributed by atoms with E-state index in [1.165, 1.54) is 32.1 Å². The van der Waals surface area contributed by atoms with Crippen LogP contribution in [0.25, 0.3) is 0 Å². The molecule has 110 valence electrons. The van der Waals surface area contributed by atoms with Gasteiger partial charge in [0.05, 0.1) is 6.61 Å². The second-order valence-electron chi connectivity index (χ2n) is 5.37. The fraction of sp³-hybridized carbons (Fsp3) is 0.600. The minimum Gasteiger partial charge on any atom is -0.491 e. The van der Waals surface area contributed by atoms with Gasteiger partial charge in [0, 0.05) is 6.61 Å². The molecule has 1 aliphatic rings. The number of rotatable bonds is 7. The molecule has 2 rings (SSSR count). The highest BCUT2D eigenvalue weighted by Crippen LogP contribution is 2.23. The molecule has 0 spiro atoms. The van der Waals surface area contributed by atoms with Crippen molar-refractivity contribution in [3.8, 4) is 5.75 Å². The van der Waals surface area contributed by atoms with Crippen LogP contribution in [0.5, 0.6) is 5.75 Å². The fourth-order valence-electron chi connectivity index (χ4n) is 2.59. The summed E-state index contributed by atoms with van der Waals surface area (Å²) in [4.78, 5) is 0. The van der Waals surface area contributed by atoms with Crippen LogP contribution in [0.3, 0.4) is 0 Å². The molecule has 4 nitrogen and oxygen atoms in total. The smallest absolute Gasteiger partial charge is 0.488 e. The summed E-state index contributed by atoms with van der Waals surface area (Å²) in [5.41, 5.74) is 0.436. The lowest BCUT2D eigenvalue weighted by Gasteiger charge is -2.21. The molecule has 1 saturated carbocycles. The summed E-state index contributed by atoms with van der Waals surface area (Å²) in [6.07, 6.45) is 6.61. The summed E-state index contributed by atoms with van der Waals surface area (Å²) in [6, 6.07) is 6.82. The van der Waals surface area contributed by atoms with Crippen LogP contribution < -0.4 is 10.2 Å². The van der Waals surface area contributed by atoms with Crippen LogP contribution in [0.1, 0.15) is 32.1 Å². The average Bonchev–Trinajstić information content (AvgIpc) is 2.48. The van der Waals surface area contributed by atoms with Crippen LogP contribution in [-0.2, 0) is 4.74 Å². The second kappa shape index (κ2) is 8.30. The van der Waals surface area contributed by atoms with E-state index in [1.807, 2.05) is 0 Å². The molecule has 0 amide bonds. The van der Waals surface area contributed by atoms with Crippen molar-refractivity contribution in [2.24, 2.45) is 5.92 Å². The Bertz CT molecular complexity index is 391. The lowest BCUT2D eigenvalue weighted by Crippen LogP contribution is -2.29. The first-order valence-electron chi connectivity index (χ1n) is 7.42.